The predicted octanol–water partition coefficient (Wildman–Crippen LogP) is 4.47. The van der Waals surface area contributed by atoms with Crippen molar-refractivity contribution in [3.8, 4) is 17.2 Å². The first-order valence-electron chi connectivity index (χ1n) is 11.0. The summed E-state index contributed by atoms with van der Waals surface area (Å²) in [4.78, 5) is 2.52. The molecule has 164 valence electrons. The molecule has 31 heavy (non-hydrogen) atoms. The lowest BCUT2D eigenvalue weighted by molar-refractivity contribution is 0.335. The van der Waals surface area contributed by atoms with Gasteiger partial charge in [0.25, 0.3) is 0 Å². The van der Waals surface area contributed by atoms with Crippen LogP contribution in [0, 0.1) is 0 Å². The third-order valence-electron chi connectivity index (χ3n) is 5.55. The minimum atomic E-state index is -0.188. The Hall–Kier alpha value is -2.35. The van der Waals surface area contributed by atoms with Crippen LogP contribution in [-0.2, 0) is 6.54 Å². The molecule has 2 heterocycles. The normalized spacial score (nSPS) is 15.4. The topological polar surface area (TPSA) is 74.4 Å². The average molecular weight is 439 g/mol. The second kappa shape index (κ2) is 10.8. The molecule has 0 amide bonds. The van der Waals surface area contributed by atoms with E-state index in [0.717, 1.165) is 36.5 Å². The Balaban J connectivity index is 1.38. The number of hydrogen-bond acceptors (Lipinski definition) is 7. The molecular weight excluding hydrogens is 408 g/mol. The van der Waals surface area contributed by atoms with Crippen molar-refractivity contribution in [2.45, 2.75) is 31.6 Å². The van der Waals surface area contributed by atoms with Crippen molar-refractivity contribution >= 4 is 11.8 Å². The molecule has 1 aliphatic heterocycles. The minimum Gasteiger partial charge on any atom is -0.508 e. The Morgan fingerprint density at radius 3 is 2.61 bits per heavy atom. The van der Waals surface area contributed by atoms with Gasteiger partial charge in [0, 0.05) is 30.8 Å². The zero-order valence-electron chi connectivity index (χ0n) is 18.0. The molecule has 0 bridgehead atoms. The van der Waals surface area contributed by atoms with E-state index in [0.29, 0.717) is 11.8 Å². The summed E-state index contributed by atoms with van der Waals surface area (Å²) in [5, 5.41) is 22.1. The molecule has 0 saturated carbocycles. The Labute approximate surface area is 188 Å². The Morgan fingerprint density at radius 2 is 1.87 bits per heavy atom. The van der Waals surface area contributed by atoms with Gasteiger partial charge >= 0.3 is 0 Å². The van der Waals surface area contributed by atoms with Crippen LogP contribution in [0.1, 0.15) is 42.0 Å². The van der Waals surface area contributed by atoms with Crippen LogP contribution in [0.15, 0.2) is 52.9 Å². The van der Waals surface area contributed by atoms with Crippen LogP contribution >= 0.6 is 11.8 Å². The molecule has 1 fully saturated rings. The molecule has 0 spiro atoms. The molecule has 2 aromatic carbocycles. The highest BCUT2D eigenvalue weighted by atomic mass is 32.2. The molecule has 4 rings (SSSR count). The smallest absolute Gasteiger partial charge is 0.247 e. The summed E-state index contributed by atoms with van der Waals surface area (Å²) in [7, 11) is 0. The average Bonchev–Trinajstić information content (AvgIpc) is 3.49. The van der Waals surface area contributed by atoms with Gasteiger partial charge in [-0.3, -0.25) is 0 Å². The molecule has 1 unspecified atom stereocenters. The number of likely N-dealkylation sites (tertiary alicyclic amines) is 1. The first kappa shape index (κ1) is 21.9. The second-order valence-electron chi connectivity index (χ2n) is 7.76. The van der Waals surface area contributed by atoms with Crippen molar-refractivity contribution in [1.82, 2.24) is 20.4 Å². The number of benzene rings is 2. The monoisotopic (exact) mass is 438 g/mol. The van der Waals surface area contributed by atoms with E-state index in [9.17, 15) is 5.11 Å². The van der Waals surface area contributed by atoms with Crippen LogP contribution in [0.25, 0.3) is 11.5 Å². The van der Waals surface area contributed by atoms with Gasteiger partial charge in [0.05, 0.1) is 0 Å². The third-order valence-corrected chi connectivity index (χ3v) is 6.67. The molecule has 2 N–H and O–H groups in total. The number of nitrogens with zero attached hydrogens (tertiary/aromatic N) is 3. The first-order valence-corrected chi connectivity index (χ1v) is 12.0. The van der Waals surface area contributed by atoms with E-state index in [2.05, 4.69) is 39.5 Å². The highest BCUT2D eigenvalue weighted by Crippen LogP contribution is 2.39. The number of nitrogens with one attached hydrogen (secondary N) is 1. The summed E-state index contributed by atoms with van der Waals surface area (Å²) in [6, 6.07) is 15.6. The van der Waals surface area contributed by atoms with Crippen molar-refractivity contribution in [3.05, 3.63) is 65.5 Å². The Morgan fingerprint density at radius 1 is 1.10 bits per heavy atom. The van der Waals surface area contributed by atoms with E-state index in [1.807, 2.05) is 30.3 Å². The fraction of sp³-hybridized carbons (Fsp3) is 0.417. The van der Waals surface area contributed by atoms with E-state index in [4.69, 9.17) is 4.42 Å². The van der Waals surface area contributed by atoms with E-state index in [-0.39, 0.29) is 11.0 Å². The number of para-hydroxylation sites is 1. The fourth-order valence-corrected chi connectivity index (χ4v) is 4.82. The number of hydrogen-bond donors (Lipinski definition) is 2. The molecular formula is C24H30N4O2S. The number of aromatic hydroxyl groups is 1. The van der Waals surface area contributed by atoms with Crippen LogP contribution in [0.4, 0.5) is 0 Å². The molecule has 7 heteroatoms. The van der Waals surface area contributed by atoms with E-state index in [1.54, 1.807) is 17.8 Å². The molecule has 1 aliphatic rings. The number of aromatic nitrogens is 2. The van der Waals surface area contributed by atoms with Gasteiger partial charge in [-0.2, -0.15) is 0 Å². The van der Waals surface area contributed by atoms with E-state index >= 15 is 0 Å². The summed E-state index contributed by atoms with van der Waals surface area (Å²) in [6.07, 6.45) is 2.67. The molecule has 0 aliphatic carbocycles. The van der Waals surface area contributed by atoms with Crippen molar-refractivity contribution in [1.29, 1.82) is 0 Å². The third kappa shape index (κ3) is 5.67. The van der Waals surface area contributed by atoms with Gasteiger partial charge in [-0.05, 0) is 55.4 Å². The number of thioether (sulfide) groups is 1. The second-order valence-corrected chi connectivity index (χ2v) is 9.14. The Kier molecular flexibility index (Phi) is 7.61. The summed E-state index contributed by atoms with van der Waals surface area (Å²) in [5.74, 6) is 2.13. The van der Waals surface area contributed by atoms with Crippen LogP contribution in [-0.4, -0.2) is 52.1 Å². The standard InChI is InChI=1S/C24H30N4O2S/c1-2-31-22(20-7-3-4-8-21(20)29)24-27-26-23(30-24)19-11-9-18(10-12-19)17-25-13-16-28-14-5-6-15-28/h3-4,7-12,22,25,29H,2,5-6,13-17H2,1H3. The summed E-state index contributed by atoms with van der Waals surface area (Å²) in [6.45, 7) is 7.54. The van der Waals surface area contributed by atoms with Crippen molar-refractivity contribution in [2.75, 3.05) is 31.9 Å². The van der Waals surface area contributed by atoms with Crippen molar-refractivity contribution in [3.63, 3.8) is 0 Å². The highest BCUT2D eigenvalue weighted by Gasteiger charge is 2.23. The lowest BCUT2D eigenvalue weighted by atomic mass is 10.1. The maximum atomic E-state index is 10.3. The van der Waals surface area contributed by atoms with E-state index in [1.165, 1.54) is 31.5 Å². The summed E-state index contributed by atoms with van der Waals surface area (Å²) in [5.41, 5.74) is 2.93. The van der Waals surface area contributed by atoms with Crippen LogP contribution in [0.5, 0.6) is 5.75 Å². The SMILES string of the molecule is CCSC(c1nnc(-c2ccc(CNCCN3CCCC3)cc2)o1)c1ccccc1O. The molecule has 6 nitrogen and oxygen atoms in total. The summed E-state index contributed by atoms with van der Waals surface area (Å²) >= 11 is 1.66. The molecule has 1 atom stereocenters. The van der Waals surface area contributed by atoms with Gasteiger partial charge in [-0.25, -0.2) is 0 Å². The minimum absolute atomic E-state index is 0.188. The van der Waals surface area contributed by atoms with Crippen LogP contribution < -0.4 is 5.32 Å². The fourth-order valence-electron chi connectivity index (χ4n) is 3.87. The summed E-state index contributed by atoms with van der Waals surface area (Å²) < 4.78 is 6.01. The zero-order chi connectivity index (χ0) is 21.5. The van der Waals surface area contributed by atoms with Crippen molar-refractivity contribution < 1.29 is 9.52 Å². The maximum absolute atomic E-state index is 10.3. The maximum Gasteiger partial charge on any atom is 0.247 e. The van der Waals surface area contributed by atoms with Gasteiger partial charge in [0.15, 0.2) is 0 Å². The van der Waals surface area contributed by atoms with Crippen LogP contribution in [0.2, 0.25) is 0 Å². The van der Waals surface area contributed by atoms with Gasteiger partial charge in [0.2, 0.25) is 11.8 Å². The highest BCUT2D eigenvalue weighted by molar-refractivity contribution is 7.99. The molecule has 0 radical (unpaired) electrons. The van der Waals surface area contributed by atoms with Gasteiger partial charge in [0.1, 0.15) is 11.0 Å². The number of phenols is 1. The number of phenolic OH excluding ortho intramolecular Hbond substituents is 1. The largest absolute Gasteiger partial charge is 0.508 e. The lowest BCUT2D eigenvalue weighted by Gasteiger charge is -2.14. The van der Waals surface area contributed by atoms with Gasteiger partial charge < -0.3 is 19.7 Å². The Bertz CT molecular complexity index is 954. The first-order chi connectivity index (χ1) is 15.2. The van der Waals surface area contributed by atoms with Crippen LogP contribution in [0.3, 0.4) is 0 Å². The molecule has 1 saturated heterocycles. The zero-order valence-corrected chi connectivity index (χ0v) is 18.8. The van der Waals surface area contributed by atoms with Gasteiger partial charge in [-0.1, -0.05) is 37.3 Å². The predicted molar refractivity (Wildman–Crippen MR) is 125 cm³/mol. The van der Waals surface area contributed by atoms with E-state index < -0.39 is 0 Å². The lowest BCUT2D eigenvalue weighted by Crippen LogP contribution is -2.29. The quantitative estimate of drug-likeness (QED) is 0.452. The number of rotatable bonds is 10. The van der Waals surface area contributed by atoms with Gasteiger partial charge in [-0.15, -0.1) is 22.0 Å². The molecule has 3 aromatic rings. The molecule has 1 aromatic heterocycles. The van der Waals surface area contributed by atoms with Crippen molar-refractivity contribution in [2.24, 2.45) is 0 Å².